The molecule has 0 spiro atoms. The summed E-state index contributed by atoms with van der Waals surface area (Å²) in [6, 6.07) is 15.2. The molecule has 1 aliphatic carbocycles. The van der Waals surface area contributed by atoms with Crippen LogP contribution in [0.1, 0.15) is 28.8 Å². The quantitative estimate of drug-likeness (QED) is 0.891. The molecule has 1 aliphatic rings. The minimum Gasteiger partial charge on any atom is -0.497 e. The largest absolute Gasteiger partial charge is 0.497 e. The molecule has 1 amide bonds. The van der Waals surface area contributed by atoms with E-state index in [1.807, 2.05) is 18.2 Å². The van der Waals surface area contributed by atoms with Gasteiger partial charge in [-0.15, -0.1) is 0 Å². The van der Waals surface area contributed by atoms with Crippen molar-refractivity contribution in [3.63, 3.8) is 0 Å². The summed E-state index contributed by atoms with van der Waals surface area (Å²) in [4.78, 5) is 12.3. The van der Waals surface area contributed by atoms with Gasteiger partial charge in [-0.1, -0.05) is 18.2 Å². The second-order valence-electron chi connectivity index (χ2n) is 5.89. The summed E-state index contributed by atoms with van der Waals surface area (Å²) >= 11 is 0. The van der Waals surface area contributed by atoms with Crippen molar-refractivity contribution in [1.82, 2.24) is 5.32 Å². The molecule has 1 fully saturated rings. The minimum atomic E-state index is -0.0613. The SMILES string of the molecule is COc1ccc(C(=O)NCC2(c3ccccc3OC)CC2)cc1. The van der Waals surface area contributed by atoms with Gasteiger partial charge >= 0.3 is 0 Å². The van der Waals surface area contributed by atoms with Gasteiger partial charge in [-0.25, -0.2) is 0 Å². The van der Waals surface area contributed by atoms with Crippen LogP contribution in [0.2, 0.25) is 0 Å². The minimum absolute atomic E-state index is 0.00866. The van der Waals surface area contributed by atoms with Gasteiger partial charge in [0.05, 0.1) is 14.2 Å². The fourth-order valence-corrected chi connectivity index (χ4v) is 2.87. The Labute approximate surface area is 136 Å². The fraction of sp³-hybridized carbons (Fsp3) is 0.316. The number of ether oxygens (including phenoxy) is 2. The van der Waals surface area contributed by atoms with E-state index in [1.54, 1.807) is 38.5 Å². The van der Waals surface area contributed by atoms with Crippen molar-refractivity contribution in [2.24, 2.45) is 0 Å². The van der Waals surface area contributed by atoms with Crippen LogP contribution in [0, 0.1) is 0 Å². The molecule has 0 radical (unpaired) electrons. The van der Waals surface area contributed by atoms with E-state index in [9.17, 15) is 4.79 Å². The molecule has 3 rings (SSSR count). The van der Waals surface area contributed by atoms with E-state index >= 15 is 0 Å². The van der Waals surface area contributed by atoms with Crippen LogP contribution >= 0.6 is 0 Å². The molecule has 4 nitrogen and oxygen atoms in total. The van der Waals surface area contributed by atoms with Gasteiger partial charge in [-0.05, 0) is 43.2 Å². The van der Waals surface area contributed by atoms with Crippen LogP contribution in [0.5, 0.6) is 11.5 Å². The molecule has 0 bridgehead atoms. The van der Waals surface area contributed by atoms with Crippen LogP contribution in [0.25, 0.3) is 0 Å². The maximum absolute atomic E-state index is 12.3. The monoisotopic (exact) mass is 311 g/mol. The molecule has 23 heavy (non-hydrogen) atoms. The third kappa shape index (κ3) is 3.16. The topological polar surface area (TPSA) is 47.6 Å². The normalized spacial score (nSPS) is 14.9. The highest BCUT2D eigenvalue weighted by Gasteiger charge is 2.46. The third-order valence-electron chi connectivity index (χ3n) is 4.47. The van der Waals surface area contributed by atoms with Crippen LogP contribution in [-0.2, 0) is 5.41 Å². The van der Waals surface area contributed by atoms with Crippen molar-refractivity contribution in [1.29, 1.82) is 0 Å². The van der Waals surface area contributed by atoms with Crippen molar-refractivity contribution < 1.29 is 14.3 Å². The first kappa shape index (κ1) is 15.4. The van der Waals surface area contributed by atoms with Crippen molar-refractivity contribution in [2.75, 3.05) is 20.8 Å². The number of methoxy groups -OCH3 is 2. The average molecular weight is 311 g/mol. The lowest BCUT2D eigenvalue weighted by atomic mass is 9.94. The Balaban J connectivity index is 1.68. The van der Waals surface area contributed by atoms with E-state index in [0.29, 0.717) is 12.1 Å². The Morgan fingerprint density at radius 3 is 2.35 bits per heavy atom. The van der Waals surface area contributed by atoms with Crippen molar-refractivity contribution in [3.8, 4) is 11.5 Å². The van der Waals surface area contributed by atoms with Crippen LogP contribution in [0.3, 0.4) is 0 Å². The van der Waals surface area contributed by atoms with Crippen molar-refractivity contribution in [3.05, 3.63) is 59.7 Å². The lowest BCUT2D eigenvalue weighted by molar-refractivity contribution is 0.0949. The predicted octanol–water partition coefficient (Wildman–Crippen LogP) is 3.17. The Morgan fingerprint density at radius 2 is 1.74 bits per heavy atom. The molecular weight excluding hydrogens is 290 g/mol. The van der Waals surface area contributed by atoms with Gasteiger partial charge in [0.2, 0.25) is 0 Å². The number of carbonyl (C=O) groups excluding carboxylic acids is 1. The Morgan fingerprint density at radius 1 is 1.04 bits per heavy atom. The maximum Gasteiger partial charge on any atom is 0.251 e. The molecule has 2 aromatic carbocycles. The van der Waals surface area contributed by atoms with Gasteiger partial charge in [0.1, 0.15) is 11.5 Å². The Hall–Kier alpha value is -2.49. The zero-order valence-electron chi connectivity index (χ0n) is 13.5. The molecule has 1 N–H and O–H groups in total. The maximum atomic E-state index is 12.3. The lowest BCUT2D eigenvalue weighted by Gasteiger charge is -2.19. The highest BCUT2D eigenvalue weighted by Crippen LogP contribution is 2.50. The third-order valence-corrected chi connectivity index (χ3v) is 4.47. The first-order chi connectivity index (χ1) is 11.2. The summed E-state index contributed by atoms with van der Waals surface area (Å²) in [6.45, 7) is 0.623. The van der Waals surface area contributed by atoms with Crippen LogP contribution in [0.15, 0.2) is 48.5 Å². The smallest absolute Gasteiger partial charge is 0.251 e. The first-order valence-corrected chi connectivity index (χ1v) is 7.74. The zero-order chi connectivity index (χ0) is 16.3. The Bertz CT molecular complexity index is 690. The summed E-state index contributed by atoms with van der Waals surface area (Å²) in [5, 5.41) is 3.05. The number of hydrogen-bond donors (Lipinski definition) is 1. The Kier molecular flexibility index (Phi) is 4.24. The number of para-hydroxylation sites is 1. The van der Waals surface area contributed by atoms with Gasteiger partial charge in [0.25, 0.3) is 5.91 Å². The molecular formula is C19H21NO3. The highest BCUT2D eigenvalue weighted by molar-refractivity contribution is 5.94. The molecule has 0 aromatic heterocycles. The fourth-order valence-electron chi connectivity index (χ4n) is 2.87. The highest BCUT2D eigenvalue weighted by atomic mass is 16.5. The van der Waals surface area contributed by atoms with Gasteiger partial charge in [-0.3, -0.25) is 4.79 Å². The van der Waals surface area contributed by atoms with Crippen LogP contribution < -0.4 is 14.8 Å². The lowest BCUT2D eigenvalue weighted by Crippen LogP contribution is -2.32. The summed E-state index contributed by atoms with van der Waals surface area (Å²) < 4.78 is 10.6. The zero-order valence-corrected chi connectivity index (χ0v) is 13.5. The molecule has 0 heterocycles. The van der Waals surface area contributed by atoms with Crippen molar-refractivity contribution >= 4 is 5.91 Å². The molecule has 0 aliphatic heterocycles. The molecule has 120 valence electrons. The molecule has 2 aromatic rings. The van der Waals surface area contributed by atoms with Crippen molar-refractivity contribution in [2.45, 2.75) is 18.3 Å². The van der Waals surface area contributed by atoms with Gasteiger partial charge in [0.15, 0.2) is 0 Å². The number of hydrogen-bond acceptors (Lipinski definition) is 3. The van der Waals surface area contributed by atoms with E-state index in [-0.39, 0.29) is 11.3 Å². The summed E-state index contributed by atoms with van der Waals surface area (Å²) in [7, 11) is 3.30. The van der Waals surface area contributed by atoms with E-state index in [4.69, 9.17) is 9.47 Å². The molecule has 0 saturated heterocycles. The number of carbonyl (C=O) groups is 1. The molecule has 0 atom stereocenters. The van der Waals surface area contributed by atoms with E-state index < -0.39 is 0 Å². The number of benzene rings is 2. The van der Waals surface area contributed by atoms with E-state index in [0.717, 1.165) is 24.3 Å². The second kappa shape index (κ2) is 6.32. The summed E-state index contributed by atoms with van der Waals surface area (Å²) in [6.07, 6.45) is 2.13. The number of rotatable bonds is 6. The average Bonchev–Trinajstić information content (AvgIpc) is 3.41. The standard InChI is InChI=1S/C19H21NO3/c1-22-15-9-7-14(8-10-15)18(21)20-13-19(11-12-19)16-5-3-4-6-17(16)23-2/h3-10H,11-13H2,1-2H3,(H,20,21). The first-order valence-electron chi connectivity index (χ1n) is 7.74. The van der Waals surface area contributed by atoms with Crippen LogP contribution in [0.4, 0.5) is 0 Å². The van der Waals surface area contributed by atoms with Gasteiger partial charge < -0.3 is 14.8 Å². The van der Waals surface area contributed by atoms with E-state index in [2.05, 4.69) is 11.4 Å². The molecule has 4 heteroatoms. The number of amides is 1. The van der Waals surface area contributed by atoms with Gasteiger partial charge in [0, 0.05) is 23.1 Å². The predicted molar refractivity (Wildman–Crippen MR) is 89.2 cm³/mol. The van der Waals surface area contributed by atoms with E-state index in [1.165, 1.54) is 5.56 Å². The second-order valence-corrected chi connectivity index (χ2v) is 5.89. The summed E-state index contributed by atoms with van der Waals surface area (Å²) in [5.41, 5.74) is 1.83. The summed E-state index contributed by atoms with van der Waals surface area (Å²) in [5.74, 6) is 1.58. The number of nitrogens with one attached hydrogen (secondary N) is 1. The molecule has 0 unspecified atom stereocenters. The van der Waals surface area contributed by atoms with Gasteiger partial charge in [-0.2, -0.15) is 0 Å². The van der Waals surface area contributed by atoms with Crippen LogP contribution in [-0.4, -0.2) is 26.7 Å². The molecule has 1 saturated carbocycles.